The molecule has 0 aliphatic rings. The molecule has 1 atom stereocenters. The number of aryl methyl sites for hydroxylation is 1. The maximum atomic E-state index is 11.9. The van der Waals surface area contributed by atoms with E-state index in [1.54, 1.807) is 6.20 Å². The molecule has 3 aromatic rings. The summed E-state index contributed by atoms with van der Waals surface area (Å²) in [5.41, 5.74) is 5.38. The first-order valence-electron chi connectivity index (χ1n) is 9.88. The number of nitrogens with two attached hydrogens (primary N) is 1. The zero-order valence-electron chi connectivity index (χ0n) is 18.3. The maximum Gasteiger partial charge on any atom is 0.419 e. The standard InChI is InChI=1S/C17H15ClN2O5.C4H11NO3.H2S/c1-10(12-4-2-3-6-19-12)24-14-9-15-13(8-11(14)18)20(17(23)25-15)7-5-16(21)22;5-4(1-6,2-7)3-8;/h2-4,6,8-10H,5,7H2,1H3,(H,21,22);6-8H,1-3,5H2;1H2/t10-;;/m0../s1. The molecular formula is C21H28ClN3O8S. The average molecular weight is 518 g/mol. The van der Waals surface area contributed by atoms with Crippen LogP contribution < -0.4 is 16.2 Å². The van der Waals surface area contributed by atoms with Gasteiger partial charge >= 0.3 is 11.7 Å². The van der Waals surface area contributed by atoms with Gasteiger partial charge in [0.05, 0.1) is 48.0 Å². The number of nitrogens with zero attached hydrogens (tertiary/aromatic N) is 2. The fourth-order valence-electron chi connectivity index (χ4n) is 2.59. The molecule has 6 N–H and O–H groups in total. The number of carbonyl (C=O) groups is 1. The maximum absolute atomic E-state index is 11.9. The summed E-state index contributed by atoms with van der Waals surface area (Å²) in [6.45, 7) is 0.624. The molecule has 1 aromatic carbocycles. The third kappa shape index (κ3) is 7.72. The van der Waals surface area contributed by atoms with Crippen molar-refractivity contribution >= 4 is 42.2 Å². The van der Waals surface area contributed by atoms with Gasteiger partial charge in [0.1, 0.15) is 11.9 Å². The van der Waals surface area contributed by atoms with Crippen LogP contribution in [0.4, 0.5) is 0 Å². The second kappa shape index (κ2) is 13.3. The zero-order valence-corrected chi connectivity index (χ0v) is 20.1. The van der Waals surface area contributed by atoms with Gasteiger partial charge in [-0.2, -0.15) is 13.5 Å². The third-order valence-corrected chi connectivity index (χ3v) is 4.92. The SMILES string of the molecule is C[C@H](Oc1cc2oc(=O)n(CCC(=O)O)c2cc1Cl)c1ccccn1.NC(CO)(CO)CO.S. The number of halogens is 1. The van der Waals surface area contributed by atoms with Gasteiger partial charge in [-0.3, -0.25) is 14.3 Å². The van der Waals surface area contributed by atoms with E-state index in [4.69, 9.17) is 46.9 Å². The van der Waals surface area contributed by atoms with E-state index in [1.807, 2.05) is 25.1 Å². The molecule has 0 spiro atoms. The number of fused-ring (bicyclic) bond motifs is 1. The molecular weight excluding hydrogens is 490 g/mol. The third-order valence-electron chi connectivity index (χ3n) is 4.62. The van der Waals surface area contributed by atoms with E-state index >= 15 is 0 Å². The average Bonchev–Trinajstić information content (AvgIpc) is 3.11. The first-order chi connectivity index (χ1) is 15.6. The van der Waals surface area contributed by atoms with E-state index in [1.165, 1.54) is 16.7 Å². The first kappa shape index (κ1) is 29.4. The highest BCUT2D eigenvalue weighted by Crippen LogP contribution is 2.32. The van der Waals surface area contributed by atoms with Gasteiger partial charge in [0.25, 0.3) is 0 Å². The number of aliphatic hydroxyl groups is 3. The molecule has 0 saturated heterocycles. The van der Waals surface area contributed by atoms with Crippen molar-refractivity contribution in [2.75, 3.05) is 19.8 Å². The van der Waals surface area contributed by atoms with Gasteiger partial charge in [0.15, 0.2) is 5.58 Å². The molecule has 188 valence electrons. The van der Waals surface area contributed by atoms with Gasteiger partial charge in [0.2, 0.25) is 0 Å². The highest BCUT2D eigenvalue weighted by Gasteiger charge is 2.21. The summed E-state index contributed by atoms with van der Waals surface area (Å²) in [7, 11) is 0. The summed E-state index contributed by atoms with van der Waals surface area (Å²) in [5.74, 6) is -1.29. The number of aliphatic carboxylic acids is 1. The summed E-state index contributed by atoms with van der Waals surface area (Å²) >= 11 is 6.26. The molecule has 2 heterocycles. The Bertz CT molecular complexity index is 1110. The van der Waals surface area contributed by atoms with Crippen molar-refractivity contribution in [2.45, 2.75) is 31.5 Å². The predicted molar refractivity (Wildman–Crippen MR) is 130 cm³/mol. The van der Waals surface area contributed by atoms with Gasteiger partial charge < -0.3 is 35.3 Å². The van der Waals surface area contributed by atoms with Crippen LogP contribution in [0.1, 0.15) is 25.1 Å². The Morgan fingerprint density at radius 1 is 1.26 bits per heavy atom. The Labute approximate surface area is 206 Å². The minimum atomic E-state index is -1.21. The van der Waals surface area contributed by atoms with Crippen LogP contribution in [0.5, 0.6) is 5.75 Å². The van der Waals surface area contributed by atoms with Crippen LogP contribution in [0.2, 0.25) is 5.02 Å². The van der Waals surface area contributed by atoms with E-state index in [0.29, 0.717) is 16.3 Å². The lowest BCUT2D eigenvalue weighted by Crippen LogP contribution is -2.50. The Morgan fingerprint density at radius 2 is 1.91 bits per heavy atom. The molecule has 0 bridgehead atoms. The summed E-state index contributed by atoms with van der Waals surface area (Å²) < 4.78 is 12.2. The van der Waals surface area contributed by atoms with Crippen molar-refractivity contribution < 1.29 is 34.4 Å². The summed E-state index contributed by atoms with van der Waals surface area (Å²) in [6.07, 6.45) is 1.12. The van der Waals surface area contributed by atoms with Gasteiger partial charge in [-0.05, 0) is 25.1 Å². The quantitative estimate of drug-likeness (QED) is 0.275. The Kier molecular flexibility index (Phi) is 11.5. The smallest absolute Gasteiger partial charge is 0.419 e. The molecule has 11 nitrogen and oxygen atoms in total. The number of hydrogen-bond donors (Lipinski definition) is 5. The molecule has 0 fully saturated rings. The summed E-state index contributed by atoms with van der Waals surface area (Å²) in [5, 5.41) is 34.1. The number of benzene rings is 1. The van der Waals surface area contributed by atoms with Crippen molar-refractivity contribution in [2.24, 2.45) is 5.73 Å². The minimum Gasteiger partial charge on any atom is -0.483 e. The highest BCUT2D eigenvalue weighted by atomic mass is 35.5. The van der Waals surface area contributed by atoms with Crippen LogP contribution in [0, 0.1) is 0 Å². The predicted octanol–water partition coefficient (Wildman–Crippen LogP) is 1.03. The van der Waals surface area contributed by atoms with Crippen molar-refractivity contribution in [3.8, 4) is 5.75 Å². The van der Waals surface area contributed by atoms with Crippen molar-refractivity contribution in [1.29, 1.82) is 0 Å². The number of aromatic nitrogens is 2. The van der Waals surface area contributed by atoms with Gasteiger partial charge in [-0.25, -0.2) is 4.79 Å². The fourth-order valence-corrected chi connectivity index (χ4v) is 2.79. The molecule has 2 aromatic heterocycles. The Hall–Kier alpha value is -2.61. The molecule has 0 unspecified atom stereocenters. The second-order valence-corrected chi connectivity index (χ2v) is 7.67. The molecule has 13 heteroatoms. The fraction of sp³-hybridized carbons (Fsp3) is 0.381. The van der Waals surface area contributed by atoms with E-state index in [0.717, 1.165) is 5.69 Å². The largest absolute Gasteiger partial charge is 0.483 e. The number of hydrogen-bond acceptors (Lipinski definition) is 9. The van der Waals surface area contributed by atoms with Crippen molar-refractivity contribution in [3.05, 3.63) is 57.8 Å². The zero-order chi connectivity index (χ0) is 24.6. The number of rotatable bonds is 9. The molecule has 0 aliphatic carbocycles. The lowest BCUT2D eigenvalue weighted by Gasteiger charge is -2.20. The Balaban J connectivity index is 0.000000556. The number of pyridine rings is 1. The summed E-state index contributed by atoms with van der Waals surface area (Å²) in [6, 6.07) is 8.55. The Morgan fingerprint density at radius 3 is 2.41 bits per heavy atom. The molecule has 0 aliphatic heterocycles. The molecule has 3 rings (SSSR count). The van der Waals surface area contributed by atoms with Crippen LogP contribution >= 0.6 is 25.1 Å². The van der Waals surface area contributed by atoms with Gasteiger partial charge in [-0.15, -0.1) is 0 Å². The van der Waals surface area contributed by atoms with E-state index in [-0.39, 0.29) is 38.1 Å². The lowest BCUT2D eigenvalue weighted by molar-refractivity contribution is -0.137. The van der Waals surface area contributed by atoms with E-state index in [2.05, 4.69) is 4.98 Å². The van der Waals surface area contributed by atoms with Crippen LogP contribution in [-0.4, -0.2) is 61.3 Å². The van der Waals surface area contributed by atoms with E-state index < -0.39 is 37.1 Å². The topological polar surface area (TPSA) is 181 Å². The molecule has 0 amide bonds. The lowest BCUT2D eigenvalue weighted by atomic mass is 10.1. The van der Waals surface area contributed by atoms with Crippen LogP contribution in [-0.2, 0) is 11.3 Å². The number of oxazole rings is 1. The van der Waals surface area contributed by atoms with Crippen LogP contribution in [0.3, 0.4) is 0 Å². The minimum absolute atomic E-state index is 0. The number of carboxylic acid groups (broad SMARTS) is 1. The number of carboxylic acids is 1. The van der Waals surface area contributed by atoms with Gasteiger partial charge in [-0.1, -0.05) is 17.7 Å². The number of ether oxygens (including phenoxy) is 1. The highest BCUT2D eigenvalue weighted by molar-refractivity contribution is 7.59. The van der Waals surface area contributed by atoms with Gasteiger partial charge in [0, 0.05) is 18.8 Å². The molecule has 0 radical (unpaired) electrons. The van der Waals surface area contributed by atoms with E-state index in [9.17, 15) is 9.59 Å². The van der Waals surface area contributed by atoms with Crippen molar-refractivity contribution in [1.82, 2.24) is 9.55 Å². The normalized spacial score (nSPS) is 11.8. The molecule has 0 saturated carbocycles. The number of aliphatic hydroxyl groups excluding tert-OH is 3. The van der Waals surface area contributed by atoms with Crippen LogP contribution in [0.25, 0.3) is 11.1 Å². The molecule has 34 heavy (non-hydrogen) atoms. The first-order valence-corrected chi connectivity index (χ1v) is 10.3. The second-order valence-electron chi connectivity index (χ2n) is 7.27. The monoisotopic (exact) mass is 517 g/mol. The van der Waals surface area contributed by atoms with Crippen molar-refractivity contribution in [3.63, 3.8) is 0 Å². The summed E-state index contributed by atoms with van der Waals surface area (Å²) in [4.78, 5) is 26.9. The van der Waals surface area contributed by atoms with Crippen LogP contribution in [0.15, 0.2) is 45.7 Å².